The van der Waals surface area contributed by atoms with E-state index in [-0.39, 0.29) is 28.7 Å². The highest BCUT2D eigenvalue weighted by Gasteiger charge is 2.48. The number of rotatable bonds is 2. The number of hydrogen-bond donors (Lipinski definition) is 0. The maximum atomic E-state index is 12.7. The Balaban J connectivity index is 1.81. The molecule has 1 aromatic carbocycles. The second-order valence-electron chi connectivity index (χ2n) is 6.86. The molecular weight excluding hydrogens is 357 g/mol. The van der Waals surface area contributed by atoms with Crippen LogP contribution in [0.5, 0.6) is 0 Å². The van der Waals surface area contributed by atoms with E-state index < -0.39 is 17.3 Å². The van der Waals surface area contributed by atoms with Gasteiger partial charge in [-0.25, -0.2) is 9.78 Å². The quantitative estimate of drug-likeness (QED) is 0.677. The summed E-state index contributed by atoms with van der Waals surface area (Å²) in [5, 5.41) is -0.00220. The van der Waals surface area contributed by atoms with E-state index in [1.807, 2.05) is 6.92 Å². The van der Waals surface area contributed by atoms with E-state index in [2.05, 4.69) is 0 Å². The first-order valence-electron chi connectivity index (χ1n) is 8.03. The normalized spacial score (nSPS) is 33.0. The number of benzene rings is 1. The van der Waals surface area contributed by atoms with Crippen molar-refractivity contribution in [3.05, 3.63) is 40.4 Å². The Kier molecular flexibility index (Phi) is 4.73. The van der Waals surface area contributed by atoms with Crippen LogP contribution in [0.25, 0.3) is 6.08 Å². The summed E-state index contributed by atoms with van der Waals surface area (Å²) in [5.74, 6) is -0.0923. The molecule has 1 aromatic rings. The van der Waals surface area contributed by atoms with Crippen molar-refractivity contribution in [2.45, 2.75) is 44.6 Å². The average Bonchev–Trinajstić information content (AvgIpc) is 2.53. The maximum absolute atomic E-state index is 12.7. The fraction of sp³-hybridized carbons (Fsp3) is 0.500. The fourth-order valence-electron chi connectivity index (χ4n) is 3.25. The van der Waals surface area contributed by atoms with E-state index in [4.69, 9.17) is 21.4 Å². The van der Waals surface area contributed by atoms with Crippen molar-refractivity contribution >= 4 is 23.5 Å². The van der Waals surface area contributed by atoms with Crippen molar-refractivity contribution in [2.24, 2.45) is 11.8 Å². The molecule has 25 heavy (non-hydrogen) atoms. The van der Waals surface area contributed by atoms with Crippen molar-refractivity contribution < 1.29 is 27.7 Å². The molecule has 0 aromatic heterocycles. The highest BCUT2D eigenvalue weighted by atomic mass is 35.5. The van der Waals surface area contributed by atoms with Gasteiger partial charge in [-0.15, -0.1) is 0 Å². The van der Waals surface area contributed by atoms with Crippen LogP contribution in [0.15, 0.2) is 24.3 Å². The number of alkyl halides is 3. The van der Waals surface area contributed by atoms with Crippen LogP contribution in [0.1, 0.15) is 37.8 Å². The number of carbonyl (C=O) groups is 1. The summed E-state index contributed by atoms with van der Waals surface area (Å²) in [5.41, 5.74) is -1.19. The number of hydrogen-bond acceptors (Lipinski definition) is 3. The van der Waals surface area contributed by atoms with Gasteiger partial charge in [0.05, 0.1) is 5.56 Å². The van der Waals surface area contributed by atoms with Gasteiger partial charge in [0.15, 0.2) is 0 Å². The van der Waals surface area contributed by atoms with Gasteiger partial charge in [-0.2, -0.15) is 13.2 Å². The predicted molar refractivity (Wildman–Crippen MR) is 86.7 cm³/mol. The molecule has 3 nitrogen and oxygen atoms in total. The van der Waals surface area contributed by atoms with Crippen LogP contribution in [-0.2, 0) is 20.7 Å². The summed E-state index contributed by atoms with van der Waals surface area (Å²) < 4.78 is 38.1. The third-order valence-corrected chi connectivity index (χ3v) is 5.44. The van der Waals surface area contributed by atoms with Crippen molar-refractivity contribution in [2.75, 3.05) is 0 Å². The molecule has 4 unspecified atom stereocenters. The Morgan fingerprint density at radius 3 is 2.72 bits per heavy atom. The highest BCUT2D eigenvalue weighted by molar-refractivity contribution is 6.32. The molecule has 1 saturated heterocycles. The Bertz CT molecular complexity index is 716. The average molecular weight is 375 g/mol. The minimum Gasteiger partial charge on any atom is -0.299 e. The zero-order valence-electron chi connectivity index (χ0n) is 13.8. The number of ketones is 1. The molecular formula is C18H18ClF3O3. The molecule has 4 atom stereocenters. The fourth-order valence-corrected chi connectivity index (χ4v) is 3.50. The van der Waals surface area contributed by atoms with Gasteiger partial charge in [0.1, 0.15) is 17.5 Å². The molecule has 1 saturated carbocycles. The van der Waals surface area contributed by atoms with E-state index in [0.29, 0.717) is 18.4 Å². The predicted octanol–water partition coefficient (Wildman–Crippen LogP) is 5.08. The molecule has 0 spiro atoms. The van der Waals surface area contributed by atoms with Gasteiger partial charge in [0.2, 0.25) is 0 Å². The first-order valence-corrected chi connectivity index (χ1v) is 8.41. The lowest BCUT2D eigenvalue weighted by Crippen LogP contribution is -2.51. The van der Waals surface area contributed by atoms with Crippen LogP contribution in [0, 0.1) is 11.8 Å². The van der Waals surface area contributed by atoms with Crippen LogP contribution in [0.3, 0.4) is 0 Å². The van der Waals surface area contributed by atoms with E-state index in [0.717, 1.165) is 12.1 Å². The molecule has 3 rings (SSSR count). The lowest BCUT2D eigenvalue weighted by molar-refractivity contribution is -0.415. The molecule has 0 N–H and O–H groups in total. The van der Waals surface area contributed by atoms with Gasteiger partial charge in [0, 0.05) is 23.3 Å². The summed E-state index contributed by atoms with van der Waals surface area (Å²) in [6.45, 7) is 3.62. The minimum atomic E-state index is -4.44. The van der Waals surface area contributed by atoms with E-state index >= 15 is 0 Å². The summed E-state index contributed by atoms with van der Waals surface area (Å²) in [7, 11) is 0. The van der Waals surface area contributed by atoms with Crippen LogP contribution < -0.4 is 0 Å². The molecule has 0 amide bonds. The van der Waals surface area contributed by atoms with Gasteiger partial charge in [-0.1, -0.05) is 30.7 Å². The molecule has 2 aliphatic rings. The topological polar surface area (TPSA) is 35.5 Å². The number of halogens is 4. The lowest BCUT2D eigenvalue weighted by Gasteiger charge is -2.45. The Labute approximate surface area is 148 Å². The Hall–Kier alpha value is -1.37. The molecule has 0 radical (unpaired) electrons. The second-order valence-corrected chi connectivity index (χ2v) is 7.27. The largest absolute Gasteiger partial charge is 0.416 e. The van der Waals surface area contributed by atoms with Gasteiger partial charge in [-0.3, -0.25) is 4.79 Å². The third kappa shape index (κ3) is 3.61. The summed E-state index contributed by atoms with van der Waals surface area (Å²) in [6, 6.07) is 3.18. The molecule has 1 aliphatic heterocycles. The summed E-state index contributed by atoms with van der Waals surface area (Å²) in [6.07, 6.45) is -0.286. The standard InChI is InChI=1S/C18H18ClF3O3/c1-10-15(23)8-13-9-16(10)24-25-17(13,2)6-5-11-3-4-12(7-14(11)19)18(20,21)22/h3-7,10,13,16H,8-9H2,1-2H3. The smallest absolute Gasteiger partial charge is 0.299 e. The van der Waals surface area contributed by atoms with Crippen LogP contribution in [0.2, 0.25) is 5.02 Å². The third-order valence-electron chi connectivity index (χ3n) is 5.11. The molecule has 136 valence electrons. The van der Waals surface area contributed by atoms with Crippen LogP contribution in [0.4, 0.5) is 13.2 Å². The molecule has 2 bridgehead atoms. The minimum absolute atomic E-state index is 0.00220. The van der Waals surface area contributed by atoms with Crippen molar-refractivity contribution in [3.8, 4) is 0 Å². The molecule has 2 fully saturated rings. The zero-order chi connectivity index (χ0) is 18.4. The van der Waals surface area contributed by atoms with Crippen molar-refractivity contribution in [1.29, 1.82) is 0 Å². The second kappa shape index (κ2) is 6.41. The van der Waals surface area contributed by atoms with Gasteiger partial charge < -0.3 is 0 Å². The molecule has 1 heterocycles. The first kappa shape index (κ1) is 18.4. The Morgan fingerprint density at radius 2 is 2.08 bits per heavy atom. The Morgan fingerprint density at radius 1 is 1.36 bits per heavy atom. The van der Waals surface area contributed by atoms with E-state index in [9.17, 15) is 18.0 Å². The molecule has 7 heteroatoms. The monoisotopic (exact) mass is 374 g/mol. The molecule has 1 aliphatic carbocycles. The van der Waals surface area contributed by atoms with Gasteiger partial charge in [0.25, 0.3) is 0 Å². The zero-order valence-corrected chi connectivity index (χ0v) is 14.5. The first-order chi connectivity index (χ1) is 11.6. The summed E-state index contributed by atoms with van der Waals surface area (Å²) >= 11 is 5.97. The number of fused-ring (bicyclic) bond motifs is 2. The lowest BCUT2D eigenvalue weighted by atomic mass is 9.71. The van der Waals surface area contributed by atoms with Crippen LogP contribution in [-0.4, -0.2) is 17.5 Å². The maximum Gasteiger partial charge on any atom is 0.416 e. The van der Waals surface area contributed by atoms with E-state index in [1.165, 1.54) is 6.07 Å². The van der Waals surface area contributed by atoms with Crippen molar-refractivity contribution in [1.82, 2.24) is 0 Å². The van der Waals surface area contributed by atoms with Crippen LogP contribution >= 0.6 is 11.6 Å². The SMILES string of the molecule is CC1C(=O)CC2CC1OOC2(C)C=Cc1ccc(C(F)(F)F)cc1Cl. The van der Waals surface area contributed by atoms with E-state index in [1.54, 1.807) is 19.1 Å². The number of Topliss-reactive ketones (excluding diaryl/α,β-unsaturated/α-hetero) is 1. The van der Waals surface area contributed by atoms with Gasteiger partial charge >= 0.3 is 6.18 Å². The summed E-state index contributed by atoms with van der Waals surface area (Å²) in [4.78, 5) is 23.0. The number of carbonyl (C=O) groups excluding carboxylic acids is 1. The van der Waals surface area contributed by atoms with Gasteiger partial charge in [-0.05, 0) is 37.1 Å². The van der Waals surface area contributed by atoms with Crippen molar-refractivity contribution in [3.63, 3.8) is 0 Å². The highest BCUT2D eigenvalue weighted by Crippen LogP contribution is 2.43.